The summed E-state index contributed by atoms with van der Waals surface area (Å²) in [6.45, 7) is 4.96. The van der Waals surface area contributed by atoms with Crippen molar-refractivity contribution in [1.82, 2.24) is 5.32 Å². The number of amides is 1. The minimum Gasteiger partial charge on any atom is -0.491 e. The van der Waals surface area contributed by atoms with Crippen LogP contribution in [0.5, 0.6) is 5.75 Å². The van der Waals surface area contributed by atoms with Gasteiger partial charge in [0, 0.05) is 15.8 Å². The monoisotopic (exact) mass is 397 g/mol. The summed E-state index contributed by atoms with van der Waals surface area (Å²) in [6, 6.07) is 11.5. The first kappa shape index (κ1) is 20.0. The van der Waals surface area contributed by atoms with Crippen LogP contribution in [0.1, 0.15) is 16.7 Å². The largest absolute Gasteiger partial charge is 0.491 e. The predicted octanol–water partition coefficient (Wildman–Crippen LogP) is 5.04. The molecule has 1 amide bonds. The maximum absolute atomic E-state index is 11.9. The summed E-state index contributed by atoms with van der Waals surface area (Å²) in [5.74, 6) is 1.89. The van der Waals surface area contributed by atoms with Crippen molar-refractivity contribution in [3.05, 3.63) is 63.1 Å². The normalized spacial score (nSPS) is 10.6. The lowest BCUT2D eigenvalue weighted by Gasteiger charge is -2.11. The number of aryl methyl sites for hydroxylation is 2. The van der Waals surface area contributed by atoms with Gasteiger partial charge in [-0.2, -0.15) is 0 Å². The molecule has 0 atom stereocenters. The molecule has 0 heterocycles. The van der Waals surface area contributed by atoms with Crippen LogP contribution in [0.2, 0.25) is 10.0 Å². The molecular weight excluding hydrogens is 377 g/mol. The van der Waals surface area contributed by atoms with E-state index in [2.05, 4.69) is 5.32 Å². The number of ether oxygens (including phenoxy) is 1. The van der Waals surface area contributed by atoms with Crippen molar-refractivity contribution >= 4 is 40.9 Å². The minimum absolute atomic E-state index is 0.0142. The molecule has 25 heavy (non-hydrogen) atoms. The van der Waals surface area contributed by atoms with Gasteiger partial charge in [0.1, 0.15) is 12.4 Å². The van der Waals surface area contributed by atoms with Crippen molar-refractivity contribution < 1.29 is 9.53 Å². The van der Waals surface area contributed by atoms with Crippen molar-refractivity contribution in [2.75, 3.05) is 18.9 Å². The fourth-order valence-electron chi connectivity index (χ4n) is 2.16. The zero-order valence-corrected chi connectivity index (χ0v) is 16.6. The highest BCUT2D eigenvalue weighted by Gasteiger charge is 2.05. The lowest BCUT2D eigenvalue weighted by molar-refractivity contribution is -0.118. The number of rotatable bonds is 8. The number of halogens is 2. The molecular formula is C19H21Cl2NO2S. The number of hydrogen-bond donors (Lipinski definition) is 1. The summed E-state index contributed by atoms with van der Waals surface area (Å²) in [7, 11) is 0. The average molecular weight is 398 g/mol. The molecule has 0 fully saturated rings. The van der Waals surface area contributed by atoms with Crippen molar-refractivity contribution in [3.8, 4) is 5.75 Å². The number of thioether (sulfide) groups is 1. The third-order valence-corrected chi connectivity index (χ3v) is 5.10. The summed E-state index contributed by atoms with van der Waals surface area (Å²) in [5.41, 5.74) is 3.22. The summed E-state index contributed by atoms with van der Waals surface area (Å²) >= 11 is 13.5. The quantitative estimate of drug-likeness (QED) is 0.634. The highest BCUT2D eigenvalue weighted by molar-refractivity contribution is 7.99. The SMILES string of the molecule is Cc1ccc(C)c(OCCNC(=O)CSCc2ccc(Cl)cc2Cl)c1. The second-order valence-electron chi connectivity index (χ2n) is 5.70. The number of benzene rings is 2. The number of carbonyl (C=O) groups is 1. The third kappa shape index (κ3) is 6.81. The van der Waals surface area contributed by atoms with E-state index in [1.165, 1.54) is 11.8 Å². The Labute approximate surface area is 163 Å². The van der Waals surface area contributed by atoms with Crippen LogP contribution in [0.15, 0.2) is 36.4 Å². The molecule has 3 nitrogen and oxygen atoms in total. The van der Waals surface area contributed by atoms with Crippen LogP contribution >= 0.6 is 35.0 Å². The molecule has 0 saturated heterocycles. The first-order valence-electron chi connectivity index (χ1n) is 7.94. The van der Waals surface area contributed by atoms with Gasteiger partial charge in [0.25, 0.3) is 0 Å². The van der Waals surface area contributed by atoms with Gasteiger partial charge in [-0.15, -0.1) is 11.8 Å². The molecule has 1 N–H and O–H groups in total. The molecule has 0 aliphatic carbocycles. The van der Waals surface area contributed by atoms with Crippen molar-refractivity contribution in [2.24, 2.45) is 0 Å². The molecule has 2 aromatic carbocycles. The van der Waals surface area contributed by atoms with E-state index in [9.17, 15) is 4.79 Å². The van der Waals surface area contributed by atoms with E-state index in [1.807, 2.05) is 38.1 Å². The Morgan fingerprint density at radius 3 is 2.72 bits per heavy atom. The molecule has 0 aliphatic heterocycles. The van der Waals surface area contributed by atoms with Gasteiger partial charge in [-0.05, 0) is 48.7 Å². The van der Waals surface area contributed by atoms with Crippen LogP contribution in [-0.4, -0.2) is 24.8 Å². The van der Waals surface area contributed by atoms with Gasteiger partial charge in [-0.1, -0.05) is 41.4 Å². The minimum atomic E-state index is -0.0142. The molecule has 134 valence electrons. The van der Waals surface area contributed by atoms with E-state index >= 15 is 0 Å². The van der Waals surface area contributed by atoms with Crippen LogP contribution in [0.25, 0.3) is 0 Å². The second kappa shape index (κ2) is 9.95. The molecule has 0 spiro atoms. The van der Waals surface area contributed by atoms with E-state index in [-0.39, 0.29) is 5.91 Å². The first-order chi connectivity index (χ1) is 12.0. The zero-order chi connectivity index (χ0) is 18.2. The Bertz CT molecular complexity index is 737. The molecule has 6 heteroatoms. The van der Waals surface area contributed by atoms with E-state index in [0.717, 1.165) is 22.4 Å². The van der Waals surface area contributed by atoms with Crippen LogP contribution in [0.4, 0.5) is 0 Å². The molecule has 0 radical (unpaired) electrons. The zero-order valence-electron chi connectivity index (χ0n) is 14.3. The van der Waals surface area contributed by atoms with Crippen molar-refractivity contribution in [3.63, 3.8) is 0 Å². The maximum atomic E-state index is 11.9. The third-order valence-electron chi connectivity index (χ3n) is 3.53. The van der Waals surface area contributed by atoms with Gasteiger partial charge < -0.3 is 10.1 Å². The van der Waals surface area contributed by atoms with E-state index in [4.69, 9.17) is 27.9 Å². The summed E-state index contributed by atoms with van der Waals surface area (Å²) < 4.78 is 5.72. The Morgan fingerprint density at radius 1 is 1.16 bits per heavy atom. The number of carbonyl (C=O) groups excluding carboxylic acids is 1. The summed E-state index contributed by atoms with van der Waals surface area (Å²) in [5, 5.41) is 4.10. The molecule has 0 bridgehead atoms. The first-order valence-corrected chi connectivity index (χ1v) is 9.85. The molecule has 2 aromatic rings. The topological polar surface area (TPSA) is 38.3 Å². The van der Waals surface area contributed by atoms with Crippen LogP contribution in [0, 0.1) is 13.8 Å². The van der Waals surface area contributed by atoms with Gasteiger partial charge >= 0.3 is 0 Å². The standard InChI is InChI=1S/C19H21Cl2NO2S/c1-13-3-4-14(2)18(9-13)24-8-7-22-19(23)12-25-11-15-5-6-16(20)10-17(15)21/h3-6,9-10H,7-8,11-12H2,1-2H3,(H,22,23). The Hall–Kier alpha value is -1.36. The molecule has 0 unspecified atom stereocenters. The molecule has 0 saturated carbocycles. The summed E-state index contributed by atoms with van der Waals surface area (Å²) in [4.78, 5) is 11.9. The fraction of sp³-hybridized carbons (Fsp3) is 0.316. The van der Waals surface area contributed by atoms with E-state index in [1.54, 1.807) is 12.1 Å². The van der Waals surface area contributed by atoms with Gasteiger partial charge in [-0.25, -0.2) is 0 Å². The Morgan fingerprint density at radius 2 is 1.96 bits per heavy atom. The van der Waals surface area contributed by atoms with Crippen LogP contribution in [-0.2, 0) is 10.5 Å². The van der Waals surface area contributed by atoms with Gasteiger partial charge in [0.05, 0.1) is 12.3 Å². The highest BCUT2D eigenvalue weighted by atomic mass is 35.5. The van der Waals surface area contributed by atoms with Crippen LogP contribution < -0.4 is 10.1 Å². The number of hydrogen-bond acceptors (Lipinski definition) is 3. The van der Waals surface area contributed by atoms with E-state index in [0.29, 0.717) is 34.7 Å². The van der Waals surface area contributed by atoms with E-state index < -0.39 is 0 Å². The maximum Gasteiger partial charge on any atom is 0.230 e. The lowest BCUT2D eigenvalue weighted by atomic mass is 10.1. The molecule has 2 rings (SSSR count). The molecule has 0 aromatic heterocycles. The van der Waals surface area contributed by atoms with Gasteiger partial charge in [-0.3, -0.25) is 4.79 Å². The van der Waals surface area contributed by atoms with Crippen LogP contribution in [0.3, 0.4) is 0 Å². The predicted molar refractivity (Wildman–Crippen MR) is 107 cm³/mol. The fourth-order valence-corrected chi connectivity index (χ4v) is 3.57. The van der Waals surface area contributed by atoms with Gasteiger partial charge in [0.2, 0.25) is 5.91 Å². The average Bonchev–Trinajstić information content (AvgIpc) is 2.56. The molecule has 0 aliphatic rings. The smallest absolute Gasteiger partial charge is 0.230 e. The summed E-state index contributed by atoms with van der Waals surface area (Å²) in [6.07, 6.45) is 0. The Kier molecular flexibility index (Phi) is 7.94. The van der Waals surface area contributed by atoms with Crippen molar-refractivity contribution in [1.29, 1.82) is 0 Å². The van der Waals surface area contributed by atoms with Gasteiger partial charge in [0.15, 0.2) is 0 Å². The second-order valence-corrected chi connectivity index (χ2v) is 7.53. The highest BCUT2D eigenvalue weighted by Crippen LogP contribution is 2.24. The lowest BCUT2D eigenvalue weighted by Crippen LogP contribution is -2.29. The number of nitrogens with one attached hydrogen (secondary N) is 1. The van der Waals surface area contributed by atoms with Crippen molar-refractivity contribution in [2.45, 2.75) is 19.6 Å². The Balaban J connectivity index is 1.65.